The van der Waals surface area contributed by atoms with E-state index in [4.69, 9.17) is 0 Å². The van der Waals surface area contributed by atoms with Crippen LogP contribution in [0.5, 0.6) is 0 Å². The van der Waals surface area contributed by atoms with Crippen LogP contribution < -0.4 is 16.3 Å². The maximum atomic E-state index is 11.0. The molecule has 2 rings (SSSR count). The Morgan fingerprint density at radius 2 is 2.33 bits per heavy atom. The molecule has 1 aromatic rings. The lowest BCUT2D eigenvalue weighted by Gasteiger charge is -2.03. The average Bonchev–Trinajstić information content (AvgIpc) is 2.50. The van der Waals surface area contributed by atoms with Crippen molar-refractivity contribution in [3.8, 4) is 0 Å². The molecule has 0 spiro atoms. The van der Waals surface area contributed by atoms with Gasteiger partial charge in [-0.15, -0.1) is 0 Å². The smallest absolute Gasteiger partial charge is 0.347 e. The highest BCUT2D eigenvalue weighted by atomic mass is 16.1. The van der Waals surface area contributed by atoms with Gasteiger partial charge in [0.1, 0.15) is 5.82 Å². The van der Waals surface area contributed by atoms with Gasteiger partial charge in [0.15, 0.2) is 0 Å². The van der Waals surface area contributed by atoms with Crippen molar-refractivity contribution in [1.29, 1.82) is 0 Å². The van der Waals surface area contributed by atoms with Gasteiger partial charge in [-0.2, -0.15) is 4.98 Å². The summed E-state index contributed by atoms with van der Waals surface area (Å²) in [6.07, 6.45) is 0. The summed E-state index contributed by atoms with van der Waals surface area (Å²) in [4.78, 5) is 17.5. The molecule has 12 heavy (non-hydrogen) atoms. The highest BCUT2D eigenvalue weighted by Gasteiger charge is 2.15. The fraction of sp³-hybridized carbons (Fsp3) is 0.429. The Labute approximate surface area is 69.2 Å². The van der Waals surface area contributed by atoms with Crippen molar-refractivity contribution >= 4 is 5.82 Å². The summed E-state index contributed by atoms with van der Waals surface area (Å²) in [7, 11) is 1.76. The summed E-state index contributed by atoms with van der Waals surface area (Å²) >= 11 is 0. The van der Waals surface area contributed by atoms with Crippen LogP contribution >= 0.6 is 0 Å². The predicted molar refractivity (Wildman–Crippen MR) is 44.9 cm³/mol. The highest BCUT2D eigenvalue weighted by molar-refractivity contribution is 5.46. The Morgan fingerprint density at radius 3 is 3.08 bits per heavy atom. The second kappa shape index (κ2) is 2.60. The Bertz CT molecular complexity index is 357. The highest BCUT2D eigenvalue weighted by Crippen LogP contribution is 2.17. The van der Waals surface area contributed by atoms with Crippen LogP contribution in [0.15, 0.2) is 4.79 Å². The Balaban J connectivity index is 2.62. The Morgan fingerprint density at radius 1 is 1.50 bits per heavy atom. The van der Waals surface area contributed by atoms with Gasteiger partial charge in [-0.25, -0.2) is 4.79 Å². The number of rotatable bonds is 1. The van der Waals surface area contributed by atoms with Gasteiger partial charge in [-0.05, 0) is 0 Å². The standard InChI is InChI=1S/C7H10N4O/c1-8-6-4-2-9-3-5(4)10-7(12)11-6/h9H,2-3H2,1H3,(H2,8,10,11,12). The second-order valence-electron chi connectivity index (χ2n) is 2.70. The van der Waals surface area contributed by atoms with Gasteiger partial charge in [0, 0.05) is 31.4 Å². The van der Waals surface area contributed by atoms with Gasteiger partial charge in [0.25, 0.3) is 0 Å². The number of aromatic amines is 1. The van der Waals surface area contributed by atoms with Gasteiger partial charge in [-0.1, -0.05) is 0 Å². The summed E-state index contributed by atoms with van der Waals surface area (Å²) in [5, 5.41) is 6.04. The molecule has 0 aromatic carbocycles. The summed E-state index contributed by atoms with van der Waals surface area (Å²) in [5.74, 6) is 0.679. The molecule has 0 bridgehead atoms. The second-order valence-corrected chi connectivity index (χ2v) is 2.70. The summed E-state index contributed by atoms with van der Waals surface area (Å²) < 4.78 is 0. The van der Waals surface area contributed by atoms with Crippen molar-refractivity contribution in [3.63, 3.8) is 0 Å². The largest absolute Gasteiger partial charge is 0.373 e. The third-order valence-electron chi connectivity index (χ3n) is 1.96. The average molecular weight is 166 g/mol. The molecule has 0 aliphatic carbocycles. The normalized spacial score (nSPS) is 14.4. The van der Waals surface area contributed by atoms with Gasteiger partial charge in [0.2, 0.25) is 0 Å². The van der Waals surface area contributed by atoms with Gasteiger partial charge in [0.05, 0.1) is 0 Å². The minimum absolute atomic E-state index is 0.290. The molecule has 5 heteroatoms. The first-order valence-corrected chi connectivity index (χ1v) is 3.82. The van der Waals surface area contributed by atoms with E-state index < -0.39 is 0 Å². The molecule has 64 valence electrons. The van der Waals surface area contributed by atoms with Crippen LogP contribution in [0.3, 0.4) is 0 Å². The lowest BCUT2D eigenvalue weighted by Crippen LogP contribution is -2.15. The van der Waals surface area contributed by atoms with E-state index in [1.165, 1.54) is 0 Å². The first-order chi connectivity index (χ1) is 5.81. The lowest BCUT2D eigenvalue weighted by molar-refractivity contribution is 0.757. The van der Waals surface area contributed by atoms with Crippen LogP contribution in [0.25, 0.3) is 0 Å². The molecule has 0 radical (unpaired) electrons. The molecule has 5 nitrogen and oxygen atoms in total. The minimum Gasteiger partial charge on any atom is -0.373 e. The molecule has 1 aliphatic rings. The van der Waals surface area contributed by atoms with Crippen LogP contribution in [0.2, 0.25) is 0 Å². The minimum atomic E-state index is -0.290. The van der Waals surface area contributed by atoms with Gasteiger partial charge < -0.3 is 15.6 Å². The van der Waals surface area contributed by atoms with Crippen LogP contribution in [-0.2, 0) is 13.1 Å². The molecule has 0 unspecified atom stereocenters. The number of fused-ring (bicyclic) bond motifs is 1. The molecule has 2 heterocycles. The third kappa shape index (κ3) is 0.984. The quantitative estimate of drug-likeness (QED) is 0.522. The molecule has 1 aromatic heterocycles. The first kappa shape index (κ1) is 7.30. The van der Waals surface area contributed by atoms with Crippen LogP contribution in [0.1, 0.15) is 11.3 Å². The lowest BCUT2D eigenvalue weighted by atomic mass is 10.2. The predicted octanol–water partition coefficient (Wildman–Crippen LogP) is -0.585. The topological polar surface area (TPSA) is 69.8 Å². The molecule has 0 saturated carbocycles. The van der Waals surface area contributed by atoms with E-state index in [0.717, 1.165) is 24.3 Å². The molecule has 0 amide bonds. The van der Waals surface area contributed by atoms with Crippen LogP contribution in [0.4, 0.5) is 5.82 Å². The first-order valence-electron chi connectivity index (χ1n) is 3.82. The van der Waals surface area contributed by atoms with Gasteiger partial charge in [-0.3, -0.25) is 0 Å². The zero-order valence-electron chi connectivity index (χ0n) is 6.77. The summed E-state index contributed by atoms with van der Waals surface area (Å²) in [6, 6.07) is 0. The maximum absolute atomic E-state index is 11.0. The van der Waals surface area contributed by atoms with E-state index in [-0.39, 0.29) is 5.69 Å². The van der Waals surface area contributed by atoms with E-state index >= 15 is 0 Å². The number of nitrogens with zero attached hydrogens (tertiary/aromatic N) is 1. The summed E-state index contributed by atoms with van der Waals surface area (Å²) in [6.45, 7) is 1.50. The van der Waals surface area contributed by atoms with Crippen molar-refractivity contribution in [2.75, 3.05) is 12.4 Å². The number of hydrogen-bond acceptors (Lipinski definition) is 4. The van der Waals surface area contributed by atoms with E-state index in [2.05, 4.69) is 20.6 Å². The van der Waals surface area contributed by atoms with Crippen molar-refractivity contribution in [2.45, 2.75) is 13.1 Å². The molecular formula is C7H10N4O. The number of aromatic nitrogens is 2. The number of H-pyrrole nitrogens is 1. The molecule has 0 fully saturated rings. The molecule has 0 atom stereocenters. The zero-order chi connectivity index (χ0) is 8.55. The third-order valence-corrected chi connectivity index (χ3v) is 1.96. The zero-order valence-corrected chi connectivity index (χ0v) is 6.77. The van der Waals surface area contributed by atoms with E-state index in [1.54, 1.807) is 7.05 Å². The molecule has 3 N–H and O–H groups in total. The van der Waals surface area contributed by atoms with E-state index in [0.29, 0.717) is 5.82 Å². The monoisotopic (exact) mass is 166 g/mol. The SMILES string of the molecule is CNc1nc(=O)[nH]c2c1CNC2. The van der Waals surface area contributed by atoms with Crippen molar-refractivity contribution in [2.24, 2.45) is 0 Å². The molecule has 1 aliphatic heterocycles. The number of hydrogen-bond donors (Lipinski definition) is 3. The van der Waals surface area contributed by atoms with Crippen molar-refractivity contribution < 1.29 is 0 Å². The Hall–Kier alpha value is -1.36. The Kier molecular flexibility index (Phi) is 1.58. The fourth-order valence-electron chi connectivity index (χ4n) is 1.41. The van der Waals surface area contributed by atoms with Crippen LogP contribution in [0, 0.1) is 0 Å². The number of anilines is 1. The number of nitrogens with one attached hydrogen (secondary N) is 3. The van der Waals surface area contributed by atoms with Crippen molar-refractivity contribution in [1.82, 2.24) is 15.3 Å². The van der Waals surface area contributed by atoms with E-state index in [9.17, 15) is 4.79 Å². The van der Waals surface area contributed by atoms with E-state index in [1.807, 2.05) is 0 Å². The molecular weight excluding hydrogens is 156 g/mol. The summed E-state index contributed by atoms with van der Waals surface area (Å²) in [5.41, 5.74) is 1.72. The molecule has 0 saturated heterocycles. The van der Waals surface area contributed by atoms with Crippen molar-refractivity contribution in [3.05, 3.63) is 21.7 Å². The van der Waals surface area contributed by atoms with Crippen LogP contribution in [-0.4, -0.2) is 17.0 Å². The maximum Gasteiger partial charge on any atom is 0.347 e. The van der Waals surface area contributed by atoms with Gasteiger partial charge >= 0.3 is 5.69 Å². The fourth-order valence-corrected chi connectivity index (χ4v) is 1.41.